The third-order valence-corrected chi connectivity index (χ3v) is 7.89. The second-order valence-corrected chi connectivity index (χ2v) is 10.8. The number of hydrogen-bond acceptors (Lipinski definition) is 7. The fourth-order valence-electron chi connectivity index (χ4n) is 5.44. The molecule has 3 aliphatic rings. The molecule has 196 valence electrons. The lowest BCUT2D eigenvalue weighted by molar-refractivity contribution is 0.0699. The zero-order valence-corrected chi connectivity index (χ0v) is 21.4. The van der Waals surface area contributed by atoms with Crippen molar-refractivity contribution in [3.63, 3.8) is 0 Å². The van der Waals surface area contributed by atoms with E-state index in [2.05, 4.69) is 16.0 Å². The van der Waals surface area contributed by atoms with Gasteiger partial charge in [-0.15, -0.1) is 0 Å². The van der Waals surface area contributed by atoms with Crippen molar-refractivity contribution in [2.45, 2.75) is 70.1 Å². The van der Waals surface area contributed by atoms with Gasteiger partial charge < -0.3 is 25.8 Å². The molecule has 9 nitrogen and oxygen atoms in total. The maximum absolute atomic E-state index is 12.6. The number of carbonyl (C=O) groups is 1. The number of benzene rings is 1. The SMILES string of the molecule is Cc1cc(-c2cnn3c(NCC4CCOCC4)cc(NC4CCCC4O)nc23)ccc1C(=O)NC1CC1. The summed E-state index contributed by atoms with van der Waals surface area (Å²) >= 11 is 0. The molecule has 2 atom stereocenters. The minimum atomic E-state index is -0.363. The predicted molar refractivity (Wildman–Crippen MR) is 143 cm³/mol. The Kier molecular flexibility index (Phi) is 6.73. The van der Waals surface area contributed by atoms with Crippen LogP contribution in [0.25, 0.3) is 16.8 Å². The van der Waals surface area contributed by atoms with Crippen LogP contribution in [0.3, 0.4) is 0 Å². The number of fused-ring (bicyclic) bond motifs is 1. The summed E-state index contributed by atoms with van der Waals surface area (Å²) in [5.74, 6) is 2.14. The van der Waals surface area contributed by atoms with Crippen LogP contribution in [-0.4, -0.2) is 63.6 Å². The van der Waals surface area contributed by atoms with Crippen LogP contribution in [0.2, 0.25) is 0 Å². The van der Waals surface area contributed by atoms with E-state index in [1.54, 1.807) is 0 Å². The van der Waals surface area contributed by atoms with Crippen LogP contribution in [0.4, 0.5) is 11.6 Å². The van der Waals surface area contributed by atoms with Gasteiger partial charge in [0, 0.05) is 43.0 Å². The van der Waals surface area contributed by atoms with Crippen LogP contribution in [-0.2, 0) is 4.74 Å². The highest BCUT2D eigenvalue weighted by atomic mass is 16.5. The van der Waals surface area contributed by atoms with Crippen molar-refractivity contribution in [1.82, 2.24) is 19.9 Å². The number of aliphatic hydroxyl groups excluding tert-OH is 1. The van der Waals surface area contributed by atoms with Gasteiger partial charge in [-0.3, -0.25) is 4.79 Å². The number of carbonyl (C=O) groups excluding carboxylic acids is 1. The summed E-state index contributed by atoms with van der Waals surface area (Å²) in [5, 5.41) is 25.2. The highest BCUT2D eigenvalue weighted by Crippen LogP contribution is 2.31. The predicted octanol–water partition coefficient (Wildman–Crippen LogP) is 3.76. The van der Waals surface area contributed by atoms with E-state index in [0.717, 1.165) is 98.7 Å². The Morgan fingerprint density at radius 1 is 1.14 bits per heavy atom. The van der Waals surface area contributed by atoms with E-state index in [-0.39, 0.29) is 18.1 Å². The Morgan fingerprint density at radius 2 is 1.97 bits per heavy atom. The highest BCUT2D eigenvalue weighted by Gasteiger charge is 2.27. The van der Waals surface area contributed by atoms with E-state index in [1.165, 1.54) is 0 Å². The van der Waals surface area contributed by atoms with Crippen LogP contribution in [0.1, 0.15) is 60.9 Å². The Bertz CT molecular complexity index is 1280. The molecular formula is C28H36N6O3. The molecule has 2 aliphatic carbocycles. The summed E-state index contributed by atoms with van der Waals surface area (Å²) in [4.78, 5) is 17.6. The van der Waals surface area contributed by atoms with Gasteiger partial charge in [0.25, 0.3) is 5.91 Å². The number of hydrogen-bond donors (Lipinski definition) is 4. The lowest BCUT2D eigenvalue weighted by Gasteiger charge is -2.23. The normalized spacial score (nSPS) is 22.3. The molecule has 0 bridgehead atoms. The minimum absolute atomic E-state index is 0.00354. The first-order valence-electron chi connectivity index (χ1n) is 13.6. The van der Waals surface area contributed by atoms with Gasteiger partial charge in [0.2, 0.25) is 0 Å². The molecular weight excluding hydrogens is 468 g/mol. The summed E-state index contributed by atoms with van der Waals surface area (Å²) in [6, 6.07) is 8.22. The Hall–Kier alpha value is -3.17. The molecule has 2 saturated carbocycles. The number of aromatic nitrogens is 3. The summed E-state index contributed by atoms with van der Waals surface area (Å²) < 4.78 is 7.37. The first-order valence-corrected chi connectivity index (χ1v) is 13.6. The van der Waals surface area contributed by atoms with Gasteiger partial charge in [-0.05, 0) is 75.0 Å². The second kappa shape index (κ2) is 10.3. The zero-order chi connectivity index (χ0) is 25.4. The van der Waals surface area contributed by atoms with Crippen molar-refractivity contribution < 1.29 is 14.6 Å². The monoisotopic (exact) mass is 504 g/mol. The number of ether oxygens (including phenoxy) is 1. The van der Waals surface area contributed by atoms with Crippen molar-refractivity contribution in [3.8, 4) is 11.1 Å². The molecule has 3 aromatic rings. The molecule has 2 aromatic heterocycles. The second-order valence-electron chi connectivity index (χ2n) is 10.8. The molecule has 1 amide bonds. The van der Waals surface area contributed by atoms with E-state index in [0.29, 0.717) is 17.5 Å². The number of anilines is 2. The smallest absolute Gasteiger partial charge is 0.251 e. The summed E-state index contributed by atoms with van der Waals surface area (Å²) in [5.41, 5.74) is 4.24. The molecule has 3 heterocycles. The van der Waals surface area contributed by atoms with Gasteiger partial charge in [0.1, 0.15) is 11.6 Å². The number of rotatable bonds is 8. The molecule has 2 unspecified atom stereocenters. The van der Waals surface area contributed by atoms with E-state index >= 15 is 0 Å². The fraction of sp³-hybridized carbons (Fsp3) is 0.536. The molecule has 0 spiro atoms. The molecule has 0 radical (unpaired) electrons. The zero-order valence-electron chi connectivity index (χ0n) is 21.4. The molecule has 1 aliphatic heterocycles. The molecule has 1 aromatic carbocycles. The molecule has 3 fully saturated rings. The van der Waals surface area contributed by atoms with Crippen molar-refractivity contribution in [2.75, 3.05) is 30.4 Å². The van der Waals surface area contributed by atoms with E-state index in [4.69, 9.17) is 14.8 Å². The van der Waals surface area contributed by atoms with Gasteiger partial charge in [0.05, 0.1) is 18.3 Å². The van der Waals surface area contributed by atoms with E-state index in [9.17, 15) is 9.90 Å². The van der Waals surface area contributed by atoms with E-state index in [1.807, 2.05) is 41.9 Å². The first-order chi connectivity index (χ1) is 18.0. The number of aliphatic hydroxyl groups is 1. The highest BCUT2D eigenvalue weighted by molar-refractivity contribution is 5.97. The van der Waals surface area contributed by atoms with Crippen molar-refractivity contribution in [3.05, 3.63) is 41.6 Å². The maximum Gasteiger partial charge on any atom is 0.251 e. The largest absolute Gasteiger partial charge is 0.391 e. The molecule has 1 saturated heterocycles. The number of nitrogens with one attached hydrogen (secondary N) is 3. The van der Waals surface area contributed by atoms with Crippen molar-refractivity contribution >= 4 is 23.2 Å². The quantitative estimate of drug-likeness (QED) is 0.369. The number of aryl methyl sites for hydroxylation is 1. The molecule has 6 rings (SSSR count). The summed E-state index contributed by atoms with van der Waals surface area (Å²) in [6.07, 6.45) is 8.45. The standard InChI is InChI=1S/C28H36N6O3/c1-17-13-19(5-8-21(17)28(36)31-20-6-7-20)22-16-30-34-26(29-15-18-9-11-37-12-10-18)14-25(33-27(22)34)32-23-3-2-4-24(23)35/h5,8,13-14,16,18,20,23-24,29,35H,2-4,6-7,9-12,15H2,1H3,(H,31,36)(H,32,33). The van der Waals surface area contributed by atoms with Gasteiger partial charge >= 0.3 is 0 Å². The van der Waals surface area contributed by atoms with Crippen molar-refractivity contribution in [2.24, 2.45) is 5.92 Å². The Morgan fingerprint density at radius 3 is 2.70 bits per heavy atom. The van der Waals surface area contributed by atoms with Gasteiger partial charge in [0.15, 0.2) is 5.65 Å². The van der Waals surface area contributed by atoms with Crippen LogP contribution in [0, 0.1) is 12.8 Å². The van der Waals surface area contributed by atoms with Crippen LogP contribution in [0.15, 0.2) is 30.5 Å². The van der Waals surface area contributed by atoms with Gasteiger partial charge in [-0.1, -0.05) is 12.1 Å². The number of nitrogens with zero attached hydrogens (tertiary/aromatic N) is 3. The third-order valence-electron chi connectivity index (χ3n) is 7.89. The minimum Gasteiger partial charge on any atom is -0.391 e. The number of amides is 1. The van der Waals surface area contributed by atoms with Crippen molar-refractivity contribution in [1.29, 1.82) is 0 Å². The van der Waals surface area contributed by atoms with Crippen LogP contribution >= 0.6 is 0 Å². The third kappa shape index (κ3) is 5.29. The van der Waals surface area contributed by atoms with Gasteiger partial charge in [-0.25, -0.2) is 4.98 Å². The lowest BCUT2D eigenvalue weighted by atomic mass is 10.0. The average molecular weight is 505 g/mol. The Labute approximate surface area is 217 Å². The lowest BCUT2D eigenvalue weighted by Crippen LogP contribution is -2.28. The van der Waals surface area contributed by atoms with E-state index < -0.39 is 0 Å². The topological polar surface area (TPSA) is 113 Å². The molecule has 37 heavy (non-hydrogen) atoms. The Balaban J connectivity index is 1.32. The summed E-state index contributed by atoms with van der Waals surface area (Å²) in [7, 11) is 0. The summed E-state index contributed by atoms with van der Waals surface area (Å²) in [6.45, 7) is 4.43. The maximum atomic E-state index is 12.6. The molecule has 4 N–H and O–H groups in total. The fourth-order valence-corrected chi connectivity index (χ4v) is 5.44. The molecule has 9 heteroatoms. The van der Waals surface area contributed by atoms with Crippen LogP contribution < -0.4 is 16.0 Å². The first kappa shape index (κ1) is 24.2. The van der Waals surface area contributed by atoms with Gasteiger partial charge in [-0.2, -0.15) is 9.61 Å². The van der Waals surface area contributed by atoms with Crippen LogP contribution in [0.5, 0.6) is 0 Å². The average Bonchev–Trinajstić information content (AvgIpc) is 3.47.